The molecule has 2 heteroatoms. The Morgan fingerprint density at radius 3 is 2.20 bits per heavy atom. The van der Waals surface area contributed by atoms with Crippen molar-refractivity contribution in [2.24, 2.45) is 11.8 Å². The molecule has 1 saturated heterocycles. The molecule has 2 rings (SSSR count). The first-order valence-electron chi connectivity index (χ1n) is 6.59. The monoisotopic (exact) mass is 211 g/mol. The summed E-state index contributed by atoms with van der Waals surface area (Å²) in [5.74, 6) is 1.81. The fraction of sp³-hybridized carbons (Fsp3) is 1.00. The van der Waals surface area contributed by atoms with E-state index >= 15 is 0 Å². The Labute approximate surface area is 93.7 Å². The van der Waals surface area contributed by atoms with Gasteiger partial charge in [0.15, 0.2) is 0 Å². The average molecular weight is 211 g/mol. The number of β-amino-alcohol motifs (C(OH)–C–C–N with tert-alkyl or cyclic N) is 1. The van der Waals surface area contributed by atoms with Gasteiger partial charge in [0, 0.05) is 19.1 Å². The SMILES string of the molecule is CC(C)C1CCC(N2CC[C@H](O)C2)CC1. The molecule has 15 heavy (non-hydrogen) atoms. The molecule has 1 aliphatic carbocycles. The smallest absolute Gasteiger partial charge is 0.0679 e. The van der Waals surface area contributed by atoms with Gasteiger partial charge < -0.3 is 5.11 Å². The van der Waals surface area contributed by atoms with Crippen molar-refractivity contribution in [2.45, 2.75) is 58.1 Å². The number of hydrogen-bond donors (Lipinski definition) is 1. The highest BCUT2D eigenvalue weighted by Gasteiger charge is 2.30. The van der Waals surface area contributed by atoms with E-state index in [2.05, 4.69) is 18.7 Å². The lowest BCUT2D eigenvalue weighted by atomic mass is 9.79. The van der Waals surface area contributed by atoms with Gasteiger partial charge in [-0.3, -0.25) is 4.90 Å². The number of aliphatic hydroxyl groups is 1. The summed E-state index contributed by atoms with van der Waals surface area (Å²) in [4.78, 5) is 2.52. The zero-order chi connectivity index (χ0) is 10.8. The maximum Gasteiger partial charge on any atom is 0.0679 e. The van der Waals surface area contributed by atoms with Crippen molar-refractivity contribution < 1.29 is 5.11 Å². The Morgan fingerprint density at radius 2 is 1.73 bits per heavy atom. The summed E-state index contributed by atoms with van der Waals surface area (Å²) >= 11 is 0. The Kier molecular flexibility index (Phi) is 3.68. The van der Waals surface area contributed by atoms with Crippen LogP contribution >= 0.6 is 0 Å². The van der Waals surface area contributed by atoms with E-state index in [0.29, 0.717) is 0 Å². The second kappa shape index (κ2) is 4.84. The summed E-state index contributed by atoms with van der Waals surface area (Å²) in [5.41, 5.74) is 0. The van der Waals surface area contributed by atoms with Crippen LogP contribution in [0.5, 0.6) is 0 Å². The van der Waals surface area contributed by atoms with Crippen LogP contribution < -0.4 is 0 Å². The molecule has 1 saturated carbocycles. The Morgan fingerprint density at radius 1 is 1.07 bits per heavy atom. The minimum absolute atomic E-state index is 0.0483. The van der Waals surface area contributed by atoms with E-state index in [1.54, 1.807) is 0 Å². The number of hydrogen-bond acceptors (Lipinski definition) is 2. The van der Waals surface area contributed by atoms with Gasteiger partial charge in [-0.2, -0.15) is 0 Å². The maximum atomic E-state index is 9.53. The zero-order valence-electron chi connectivity index (χ0n) is 10.2. The molecule has 0 radical (unpaired) electrons. The largest absolute Gasteiger partial charge is 0.392 e. The van der Waals surface area contributed by atoms with Gasteiger partial charge in [-0.05, 0) is 43.9 Å². The number of rotatable bonds is 2. The van der Waals surface area contributed by atoms with Crippen molar-refractivity contribution >= 4 is 0 Å². The van der Waals surface area contributed by atoms with Crippen LogP contribution in [-0.2, 0) is 0 Å². The third-order valence-electron chi connectivity index (χ3n) is 4.40. The molecule has 1 heterocycles. The van der Waals surface area contributed by atoms with Crippen LogP contribution in [0.25, 0.3) is 0 Å². The van der Waals surface area contributed by atoms with Crippen LogP contribution in [0.3, 0.4) is 0 Å². The van der Waals surface area contributed by atoms with Crippen LogP contribution in [0.4, 0.5) is 0 Å². The summed E-state index contributed by atoms with van der Waals surface area (Å²) in [6.45, 7) is 6.75. The minimum Gasteiger partial charge on any atom is -0.392 e. The summed E-state index contributed by atoms with van der Waals surface area (Å²) in [6, 6.07) is 0.775. The molecule has 0 bridgehead atoms. The third kappa shape index (κ3) is 2.73. The highest BCUT2D eigenvalue weighted by atomic mass is 16.3. The van der Waals surface area contributed by atoms with E-state index in [1.165, 1.54) is 25.7 Å². The molecule has 0 spiro atoms. The molecule has 0 amide bonds. The van der Waals surface area contributed by atoms with Crippen molar-refractivity contribution in [3.05, 3.63) is 0 Å². The van der Waals surface area contributed by atoms with Gasteiger partial charge in [0.1, 0.15) is 0 Å². The Balaban J connectivity index is 1.78. The van der Waals surface area contributed by atoms with E-state index in [9.17, 15) is 5.11 Å². The molecule has 1 N–H and O–H groups in total. The van der Waals surface area contributed by atoms with E-state index < -0.39 is 0 Å². The van der Waals surface area contributed by atoms with Gasteiger partial charge in [0.05, 0.1) is 6.10 Å². The first-order valence-corrected chi connectivity index (χ1v) is 6.59. The molecule has 0 aromatic carbocycles. The summed E-state index contributed by atoms with van der Waals surface area (Å²) in [6.07, 6.45) is 6.45. The lowest BCUT2D eigenvalue weighted by Crippen LogP contribution is -2.37. The zero-order valence-corrected chi connectivity index (χ0v) is 10.2. The first-order chi connectivity index (χ1) is 7.16. The van der Waals surface area contributed by atoms with Crippen LogP contribution in [0.15, 0.2) is 0 Å². The van der Waals surface area contributed by atoms with Gasteiger partial charge in [0.2, 0.25) is 0 Å². The number of likely N-dealkylation sites (tertiary alicyclic amines) is 1. The van der Waals surface area contributed by atoms with Crippen LogP contribution in [0.2, 0.25) is 0 Å². The fourth-order valence-electron chi connectivity index (χ4n) is 3.23. The number of nitrogens with zero attached hydrogens (tertiary/aromatic N) is 1. The normalized spacial score (nSPS) is 38.8. The quantitative estimate of drug-likeness (QED) is 0.757. The summed E-state index contributed by atoms with van der Waals surface area (Å²) in [5, 5.41) is 9.53. The van der Waals surface area contributed by atoms with Crippen LogP contribution in [0, 0.1) is 11.8 Å². The molecular formula is C13H25NO. The highest BCUT2D eigenvalue weighted by Crippen LogP contribution is 2.33. The summed E-state index contributed by atoms with van der Waals surface area (Å²) in [7, 11) is 0. The average Bonchev–Trinajstić information content (AvgIpc) is 2.65. The lowest BCUT2D eigenvalue weighted by Gasteiger charge is -2.35. The van der Waals surface area contributed by atoms with Crippen molar-refractivity contribution in [3.63, 3.8) is 0 Å². The maximum absolute atomic E-state index is 9.53. The standard InChI is InChI=1S/C13H25NO/c1-10(2)11-3-5-12(6-4-11)14-8-7-13(15)9-14/h10-13,15H,3-9H2,1-2H3/t11?,12?,13-/m0/s1. The van der Waals surface area contributed by atoms with Crippen molar-refractivity contribution in [2.75, 3.05) is 13.1 Å². The molecule has 2 aliphatic rings. The molecular weight excluding hydrogens is 186 g/mol. The van der Waals surface area contributed by atoms with Gasteiger partial charge in [-0.1, -0.05) is 13.8 Å². The topological polar surface area (TPSA) is 23.5 Å². The highest BCUT2D eigenvalue weighted by molar-refractivity contribution is 4.85. The molecule has 2 nitrogen and oxygen atoms in total. The van der Waals surface area contributed by atoms with E-state index in [4.69, 9.17) is 0 Å². The van der Waals surface area contributed by atoms with Gasteiger partial charge in [0.25, 0.3) is 0 Å². The molecule has 2 fully saturated rings. The van der Waals surface area contributed by atoms with E-state index in [-0.39, 0.29) is 6.10 Å². The molecule has 1 aliphatic heterocycles. The van der Waals surface area contributed by atoms with Gasteiger partial charge >= 0.3 is 0 Å². The third-order valence-corrected chi connectivity index (χ3v) is 4.40. The van der Waals surface area contributed by atoms with Gasteiger partial charge in [-0.25, -0.2) is 0 Å². The summed E-state index contributed by atoms with van der Waals surface area (Å²) < 4.78 is 0. The number of aliphatic hydroxyl groups excluding tert-OH is 1. The first kappa shape index (κ1) is 11.4. The molecule has 0 aromatic heterocycles. The van der Waals surface area contributed by atoms with Crippen LogP contribution in [0.1, 0.15) is 46.0 Å². The van der Waals surface area contributed by atoms with Crippen LogP contribution in [-0.4, -0.2) is 35.2 Å². The Hall–Kier alpha value is -0.0800. The Bertz CT molecular complexity index is 197. The van der Waals surface area contributed by atoms with E-state index in [1.807, 2.05) is 0 Å². The predicted molar refractivity (Wildman–Crippen MR) is 62.8 cm³/mol. The second-order valence-electron chi connectivity index (χ2n) is 5.75. The van der Waals surface area contributed by atoms with E-state index in [0.717, 1.165) is 37.4 Å². The molecule has 1 atom stereocenters. The van der Waals surface area contributed by atoms with Gasteiger partial charge in [-0.15, -0.1) is 0 Å². The lowest BCUT2D eigenvalue weighted by molar-refractivity contribution is 0.121. The van der Waals surface area contributed by atoms with Crippen molar-refractivity contribution in [1.29, 1.82) is 0 Å². The van der Waals surface area contributed by atoms with Crippen molar-refractivity contribution in [3.8, 4) is 0 Å². The second-order valence-corrected chi connectivity index (χ2v) is 5.75. The predicted octanol–water partition coefficient (Wildman–Crippen LogP) is 2.27. The van der Waals surface area contributed by atoms with Crippen molar-refractivity contribution in [1.82, 2.24) is 4.90 Å². The molecule has 0 aromatic rings. The molecule has 88 valence electrons. The fourth-order valence-corrected chi connectivity index (χ4v) is 3.23. The minimum atomic E-state index is -0.0483. The molecule has 0 unspecified atom stereocenters.